The summed E-state index contributed by atoms with van der Waals surface area (Å²) in [5.41, 5.74) is 0. The summed E-state index contributed by atoms with van der Waals surface area (Å²) in [4.78, 5) is 21.4. The normalized spacial score (nSPS) is 9.33. The topological polar surface area (TPSA) is 72.8 Å². The summed E-state index contributed by atoms with van der Waals surface area (Å²) in [6.07, 6.45) is -2.94. The number of hydrogen-bond donors (Lipinski definition) is 1. The molecule has 0 fully saturated rings. The van der Waals surface area contributed by atoms with Crippen LogP contribution in [0.4, 0.5) is 9.59 Å². The van der Waals surface area contributed by atoms with Crippen molar-refractivity contribution < 1.29 is 23.6 Å². The lowest BCUT2D eigenvalue weighted by Crippen LogP contribution is -2.07. The maximum atomic E-state index is 10.6. The van der Waals surface area contributed by atoms with E-state index in [4.69, 9.17) is 5.11 Å². The van der Waals surface area contributed by atoms with E-state index in [1.165, 1.54) is 10.8 Å². The molecule has 0 saturated heterocycles. The first-order valence-electron chi connectivity index (χ1n) is 3.69. The molecule has 0 aliphatic carbocycles. The molecule has 0 aliphatic rings. The Morgan fingerprint density at radius 1 is 1.20 bits per heavy atom. The van der Waals surface area contributed by atoms with Gasteiger partial charge >= 0.3 is 12.3 Å². The quantitative estimate of drug-likeness (QED) is 0.380. The Morgan fingerprint density at radius 3 is 2.47 bits per heavy atom. The molecule has 1 aromatic carbocycles. The summed E-state index contributed by atoms with van der Waals surface area (Å²) >= 11 is 0.735. The van der Waals surface area contributed by atoms with Crippen LogP contribution in [-0.2, 0) is 8.92 Å². The Bertz CT molecular complexity index is 340. The summed E-state index contributed by atoms with van der Waals surface area (Å²) in [6.45, 7) is 0. The van der Waals surface area contributed by atoms with Gasteiger partial charge in [-0.1, -0.05) is 18.2 Å². The van der Waals surface area contributed by atoms with Gasteiger partial charge in [0.05, 0.1) is 0 Å². The highest BCUT2D eigenvalue weighted by Gasteiger charge is 2.10. The molecule has 0 bridgehead atoms. The molecule has 0 radical (unpaired) electrons. The molecule has 5 nitrogen and oxygen atoms in total. The van der Waals surface area contributed by atoms with Gasteiger partial charge in [0.2, 0.25) is 0 Å². The Labute approximate surface area is 93.4 Å². The first kappa shape index (κ1) is 11.7. The van der Waals surface area contributed by atoms with E-state index < -0.39 is 12.3 Å². The summed E-state index contributed by atoms with van der Waals surface area (Å²) in [5.74, 6) is 0. The largest absolute Gasteiger partial charge is 0.531 e. The van der Waals surface area contributed by atoms with Crippen molar-refractivity contribution in [3.63, 3.8) is 0 Å². The fraction of sp³-hybridized carbons (Fsp3) is 0. The van der Waals surface area contributed by atoms with E-state index in [0.29, 0.717) is 0 Å². The molecule has 1 rings (SSSR count). The van der Waals surface area contributed by atoms with Crippen molar-refractivity contribution in [2.24, 2.45) is 0 Å². The van der Waals surface area contributed by atoms with Crippen LogP contribution in [0.3, 0.4) is 0 Å². The molecule has 0 saturated carbocycles. The standard InChI is InChI=1S/C8H6O5S2/c9-7(10)12-8(11)13-15-14-6-4-2-1-3-5-6/h1-5H,(H,9,10). The van der Waals surface area contributed by atoms with Crippen LogP contribution >= 0.6 is 21.9 Å². The Kier molecular flexibility index (Phi) is 4.85. The molecular weight excluding hydrogens is 240 g/mol. The van der Waals surface area contributed by atoms with Crippen LogP contribution in [0.15, 0.2) is 35.2 Å². The van der Waals surface area contributed by atoms with Crippen LogP contribution < -0.4 is 0 Å². The van der Waals surface area contributed by atoms with Gasteiger partial charge in [0.25, 0.3) is 0 Å². The van der Waals surface area contributed by atoms with Crippen molar-refractivity contribution >= 4 is 34.2 Å². The second kappa shape index (κ2) is 6.20. The van der Waals surface area contributed by atoms with Gasteiger partial charge in [-0.3, -0.25) is 0 Å². The predicted molar refractivity (Wildman–Crippen MR) is 55.5 cm³/mol. The zero-order valence-corrected chi connectivity index (χ0v) is 8.92. The highest BCUT2D eigenvalue weighted by Crippen LogP contribution is 2.31. The van der Waals surface area contributed by atoms with Crippen LogP contribution in [0.1, 0.15) is 0 Å². The third-order valence-electron chi connectivity index (χ3n) is 1.15. The van der Waals surface area contributed by atoms with Crippen LogP contribution in [0.5, 0.6) is 0 Å². The number of rotatable bonds is 3. The molecule has 7 heteroatoms. The second-order valence-corrected chi connectivity index (χ2v) is 4.01. The fourth-order valence-electron chi connectivity index (χ4n) is 0.648. The van der Waals surface area contributed by atoms with Gasteiger partial charge in [-0.05, 0) is 22.9 Å². The average molecular weight is 246 g/mol. The Hall–Kier alpha value is -1.34. The fourth-order valence-corrected chi connectivity index (χ4v) is 1.96. The lowest BCUT2D eigenvalue weighted by Gasteiger charge is -1.99. The van der Waals surface area contributed by atoms with E-state index in [2.05, 4.69) is 8.92 Å². The first-order valence-corrected chi connectivity index (χ1v) is 5.77. The van der Waals surface area contributed by atoms with E-state index in [0.717, 1.165) is 16.0 Å². The summed E-state index contributed by atoms with van der Waals surface area (Å²) in [6, 6.07) is 9.16. The zero-order chi connectivity index (χ0) is 11.1. The van der Waals surface area contributed by atoms with Gasteiger partial charge in [-0.25, -0.2) is 9.59 Å². The molecule has 0 unspecified atom stereocenters. The van der Waals surface area contributed by atoms with Gasteiger partial charge in [0.1, 0.15) is 11.1 Å². The zero-order valence-electron chi connectivity index (χ0n) is 7.28. The molecule has 0 atom stereocenters. The van der Waals surface area contributed by atoms with Crippen molar-refractivity contribution in [1.29, 1.82) is 0 Å². The number of carbonyl (C=O) groups is 2. The van der Waals surface area contributed by atoms with Gasteiger partial charge < -0.3 is 14.0 Å². The second-order valence-electron chi connectivity index (χ2n) is 2.17. The van der Waals surface area contributed by atoms with Crippen LogP contribution in [0.25, 0.3) is 0 Å². The summed E-state index contributed by atoms with van der Waals surface area (Å²) in [7, 11) is 1.18. The Morgan fingerprint density at radius 2 is 1.87 bits per heavy atom. The van der Waals surface area contributed by atoms with Crippen molar-refractivity contribution in [2.45, 2.75) is 4.90 Å². The minimum Gasteiger partial charge on any atom is -0.449 e. The molecular formula is C8H6O5S2. The molecule has 0 aromatic heterocycles. The average Bonchev–Trinajstić information content (AvgIpc) is 2.18. The lowest BCUT2D eigenvalue weighted by atomic mass is 10.4. The molecule has 15 heavy (non-hydrogen) atoms. The maximum Gasteiger partial charge on any atom is 0.531 e. The highest BCUT2D eigenvalue weighted by molar-refractivity contribution is 8.75. The lowest BCUT2D eigenvalue weighted by molar-refractivity contribution is 0.0893. The summed E-state index contributed by atoms with van der Waals surface area (Å²) in [5, 5.41) is 8.06. The van der Waals surface area contributed by atoms with E-state index in [9.17, 15) is 9.59 Å². The van der Waals surface area contributed by atoms with E-state index in [1.54, 1.807) is 0 Å². The number of hydrogen-bond acceptors (Lipinski definition) is 6. The minimum absolute atomic E-state index is 0.735. The molecule has 1 aromatic rings. The molecule has 0 aliphatic heterocycles. The Balaban J connectivity index is 2.22. The van der Waals surface area contributed by atoms with Gasteiger partial charge in [-0.15, -0.1) is 0 Å². The number of carboxylic acid groups (broad SMARTS) is 1. The minimum atomic E-state index is -1.69. The summed E-state index contributed by atoms with van der Waals surface area (Å²) < 4.78 is 8.10. The van der Waals surface area contributed by atoms with E-state index >= 15 is 0 Å². The van der Waals surface area contributed by atoms with Crippen LogP contribution in [-0.4, -0.2) is 17.4 Å². The molecule has 1 N–H and O–H groups in total. The van der Waals surface area contributed by atoms with Crippen molar-refractivity contribution in [2.75, 3.05) is 0 Å². The van der Waals surface area contributed by atoms with Crippen molar-refractivity contribution in [3.05, 3.63) is 30.3 Å². The first-order chi connectivity index (χ1) is 7.18. The number of carbonyl (C=O) groups excluding carboxylic acids is 1. The predicted octanol–water partition coefficient (Wildman–Crippen LogP) is 3.17. The smallest absolute Gasteiger partial charge is 0.449 e. The number of ether oxygens (including phenoxy) is 1. The van der Waals surface area contributed by atoms with E-state index in [1.807, 2.05) is 30.3 Å². The molecule has 80 valence electrons. The third kappa shape index (κ3) is 5.18. The third-order valence-corrected chi connectivity index (χ3v) is 2.87. The van der Waals surface area contributed by atoms with Gasteiger partial charge in [0.15, 0.2) is 0 Å². The maximum absolute atomic E-state index is 10.6. The SMILES string of the molecule is O=C(O)OC(=O)OSSc1ccccc1. The van der Waals surface area contributed by atoms with Crippen molar-refractivity contribution in [1.82, 2.24) is 0 Å². The molecule has 0 spiro atoms. The van der Waals surface area contributed by atoms with Crippen LogP contribution in [0.2, 0.25) is 0 Å². The monoisotopic (exact) mass is 246 g/mol. The molecule has 0 amide bonds. The van der Waals surface area contributed by atoms with E-state index in [-0.39, 0.29) is 0 Å². The van der Waals surface area contributed by atoms with Gasteiger partial charge in [0, 0.05) is 4.90 Å². The van der Waals surface area contributed by atoms with Gasteiger partial charge in [-0.2, -0.15) is 0 Å². The molecule has 0 heterocycles. The number of benzene rings is 1. The van der Waals surface area contributed by atoms with Crippen LogP contribution in [0, 0.1) is 0 Å². The van der Waals surface area contributed by atoms with Crippen molar-refractivity contribution in [3.8, 4) is 0 Å². The highest BCUT2D eigenvalue weighted by atomic mass is 33.1.